The zero-order chi connectivity index (χ0) is 16.9. The fourth-order valence-corrected chi connectivity index (χ4v) is 3.04. The normalized spacial score (nSPS) is 14.2. The first-order valence-electron chi connectivity index (χ1n) is 6.47. The van der Waals surface area contributed by atoms with Crippen molar-refractivity contribution < 1.29 is 31.1 Å². The van der Waals surface area contributed by atoms with E-state index in [2.05, 4.69) is 8.71 Å². The molecule has 0 bridgehead atoms. The Morgan fingerprint density at radius 3 is 2.26 bits per heavy atom. The summed E-state index contributed by atoms with van der Waals surface area (Å²) in [4.78, 5) is 9.43. The van der Waals surface area contributed by atoms with Crippen LogP contribution in [0.5, 0.6) is 5.75 Å². The van der Waals surface area contributed by atoms with Crippen molar-refractivity contribution in [2.75, 3.05) is 6.79 Å². The zero-order valence-corrected chi connectivity index (χ0v) is 13.9. The molecule has 7 nitrogen and oxygen atoms in total. The molecule has 0 fully saturated rings. The van der Waals surface area contributed by atoms with E-state index in [1.165, 1.54) is 24.3 Å². The Balaban J connectivity index is 1.93. The summed E-state index contributed by atoms with van der Waals surface area (Å²) >= 11 is 0. The lowest BCUT2D eigenvalue weighted by Gasteiger charge is -2.13. The first kappa shape index (κ1) is 17.7. The van der Waals surface area contributed by atoms with E-state index in [0.29, 0.717) is 0 Å². The van der Waals surface area contributed by atoms with Crippen LogP contribution in [0.2, 0.25) is 0 Å². The van der Waals surface area contributed by atoms with Crippen LogP contribution in [0.25, 0.3) is 0 Å². The Morgan fingerprint density at radius 1 is 1.04 bits per heavy atom. The number of phosphoric ester groups is 1. The molecule has 0 saturated carbocycles. The van der Waals surface area contributed by atoms with Gasteiger partial charge in [0.1, 0.15) is 5.75 Å². The van der Waals surface area contributed by atoms with Gasteiger partial charge >= 0.3 is 7.82 Å². The van der Waals surface area contributed by atoms with E-state index in [-0.39, 0.29) is 10.6 Å². The smallest absolute Gasteiger partial charge is 0.404 e. The van der Waals surface area contributed by atoms with E-state index in [1.54, 1.807) is 30.3 Å². The lowest BCUT2D eigenvalue weighted by atomic mass is 10.2. The fourth-order valence-electron chi connectivity index (χ4n) is 1.57. The second-order valence-electron chi connectivity index (χ2n) is 4.50. The Hall–Kier alpha value is -1.70. The van der Waals surface area contributed by atoms with Crippen LogP contribution in [0, 0.1) is 6.92 Å². The van der Waals surface area contributed by atoms with Gasteiger partial charge in [0.25, 0.3) is 10.1 Å². The maximum Gasteiger partial charge on any atom is 0.529 e. The minimum atomic E-state index is -4.49. The maximum absolute atomic E-state index is 11.9. The molecule has 0 aliphatic heterocycles. The van der Waals surface area contributed by atoms with Crippen LogP contribution in [0.1, 0.15) is 5.56 Å². The van der Waals surface area contributed by atoms with Crippen LogP contribution >= 0.6 is 7.82 Å². The van der Waals surface area contributed by atoms with Gasteiger partial charge < -0.3 is 4.52 Å². The minimum absolute atomic E-state index is 0.0801. The van der Waals surface area contributed by atoms with Crippen LogP contribution in [0.4, 0.5) is 0 Å². The predicted octanol–water partition coefficient (Wildman–Crippen LogP) is 2.85. The van der Waals surface area contributed by atoms with Crippen LogP contribution in [0.15, 0.2) is 59.5 Å². The van der Waals surface area contributed by atoms with E-state index in [1.807, 2.05) is 6.92 Å². The third-order valence-corrected chi connectivity index (χ3v) is 4.82. The molecule has 2 aromatic rings. The molecule has 0 amide bonds. The molecule has 1 N–H and O–H groups in total. The van der Waals surface area contributed by atoms with Gasteiger partial charge in [-0.05, 0) is 31.2 Å². The third kappa shape index (κ3) is 5.46. The van der Waals surface area contributed by atoms with Crippen LogP contribution in [-0.2, 0) is 23.4 Å². The van der Waals surface area contributed by atoms with Crippen molar-refractivity contribution in [2.45, 2.75) is 11.8 Å². The number of rotatable bonds is 7. The molecule has 1 atom stereocenters. The standard InChI is InChI=1S/C14H15O7PS/c1-12-7-9-14(10-8-12)23(17,18)20-11-19-22(15,16)21-13-5-3-2-4-6-13/h2-10H,11H2,1H3,(H,15,16). The van der Waals surface area contributed by atoms with Gasteiger partial charge in [-0.25, -0.2) is 13.3 Å². The van der Waals surface area contributed by atoms with Gasteiger partial charge in [-0.2, -0.15) is 8.42 Å². The molecular formula is C14H15O7PS. The van der Waals surface area contributed by atoms with Gasteiger partial charge in [0.2, 0.25) is 0 Å². The molecular weight excluding hydrogens is 343 g/mol. The highest BCUT2D eigenvalue weighted by molar-refractivity contribution is 7.86. The molecule has 0 aliphatic rings. The number of para-hydroxylation sites is 1. The van der Waals surface area contributed by atoms with Gasteiger partial charge in [-0.3, -0.25) is 4.89 Å². The van der Waals surface area contributed by atoms with Crippen LogP contribution in [0.3, 0.4) is 0 Å². The summed E-state index contributed by atoms with van der Waals surface area (Å²) < 4.78 is 49.3. The van der Waals surface area contributed by atoms with Gasteiger partial charge in [0.15, 0.2) is 6.79 Å². The SMILES string of the molecule is Cc1ccc(S(=O)(=O)OCOP(=O)(O)Oc2ccccc2)cc1. The molecule has 124 valence electrons. The molecule has 0 aliphatic carbocycles. The summed E-state index contributed by atoms with van der Waals surface area (Å²) in [6.07, 6.45) is 0. The molecule has 2 rings (SSSR count). The fraction of sp³-hybridized carbons (Fsp3) is 0.143. The first-order valence-corrected chi connectivity index (χ1v) is 9.37. The molecule has 9 heteroatoms. The lowest BCUT2D eigenvalue weighted by molar-refractivity contribution is 0.0909. The Bertz CT molecular complexity index is 788. The quantitative estimate of drug-likeness (QED) is 0.461. The molecule has 23 heavy (non-hydrogen) atoms. The average Bonchev–Trinajstić information content (AvgIpc) is 2.47. The van der Waals surface area contributed by atoms with E-state index in [0.717, 1.165) is 5.56 Å². The van der Waals surface area contributed by atoms with Crippen molar-refractivity contribution in [1.29, 1.82) is 0 Å². The Kier molecular flexibility index (Phi) is 5.56. The molecule has 0 spiro atoms. The van der Waals surface area contributed by atoms with Crippen LogP contribution < -0.4 is 4.52 Å². The van der Waals surface area contributed by atoms with Gasteiger partial charge in [-0.1, -0.05) is 35.9 Å². The van der Waals surface area contributed by atoms with Crippen molar-refractivity contribution in [3.63, 3.8) is 0 Å². The topological polar surface area (TPSA) is 99.1 Å². The summed E-state index contributed by atoms with van der Waals surface area (Å²) in [7, 11) is -8.57. The second-order valence-corrected chi connectivity index (χ2v) is 7.50. The maximum atomic E-state index is 11.9. The molecule has 1 unspecified atom stereocenters. The monoisotopic (exact) mass is 358 g/mol. The Labute approximate surface area is 134 Å². The average molecular weight is 358 g/mol. The summed E-state index contributed by atoms with van der Waals surface area (Å²) in [5.74, 6) is 0.111. The molecule has 2 aromatic carbocycles. The number of aryl methyl sites for hydroxylation is 1. The van der Waals surface area contributed by atoms with E-state index >= 15 is 0 Å². The van der Waals surface area contributed by atoms with Crippen molar-refractivity contribution in [3.8, 4) is 5.75 Å². The molecule has 0 aromatic heterocycles. The van der Waals surface area contributed by atoms with Crippen molar-refractivity contribution in [1.82, 2.24) is 0 Å². The Morgan fingerprint density at radius 2 is 1.65 bits per heavy atom. The summed E-state index contributed by atoms with van der Waals surface area (Å²) in [6.45, 7) is 0.861. The highest BCUT2D eigenvalue weighted by Crippen LogP contribution is 2.43. The number of hydrogen-bond donors (Lipinski definition) is 1. The summed E-state index contributed by atoms with van der Waals surface area (Å²) in [5, 5.41) is 0. The van der Waals surface area contributed by atoms with Crippen molar-refractivity contribution in [2.24, 2.45) is 0 Å². The largest absolute Gasteiger partial charge is 0.529 e. The molecule has 0 saturated heterocycles. The van der Waals surface area contributed by atoms with Crippen molar-refractivity contribution >= 4 is 17.9 Å². The zero-order valence-electron chi connectivity index (χ0n) is 12.2. The number of hydrogen-bond acceptors (Lipinski definition) is 6. The van der Waals surface area contributed by atoms with E-state index in [9.17, 15) is 17.9 Å². The third-order valence-electron chi connectivity index (χ3n) is 2.69. The molecule has 0 radical (unpaired) electrons. The minimum Gasteiger partial charge on any atom is -0.404 e. The summed E-state index contributed by atoms with van der Waals surface area (Å²) in [5.41, 5.74) is 0.885. The number of benzene rings is 2. The van der Waals surface area contributed by atoms with E-state index in [4.69, 9.17) is 4.52 Å². The van der Waals surface area contributed by atoms with Gasteiger partial charge in [0.05, 0.1) is 4.90 Å². The highest BCUT2D eigenvalue weighted by atomic mass is 32.2. The lowest BCUT2D eigenvalue weighted by Crippen LogP contribution is -2.10. The second kappa shape index (κ2) is 7.25. The summed E-state index contributed by atoms with van der Waals surface area (Å²) in [6, 6.07) is 13.8. The molecule has 0 heterocycles. The highest BCUT2D eigenvalue weighted by Gasteiger charge is 2.25. The van der Waals surface area contributed by atoms with Gasteiger partial charge in [-0.15, -0.1) is 0 Å². The van der Waals surface area contributed by atoms with Crippen molar-refractivity contribution in [3.05, 3.63) is 60.2 Å². The number of phosphoric acid groups is 1. The van der Waals surface area contributed by atoms with Gasteiger partial charge in [0, 0.05) is 0 Å². The van der Waals surface area contributed by atoms with Crippen LogP contribution in [-0.4, -0.2) is 20.1 Å². The van der Waals surface area contributed by atoms with E-state index < -0.39 is 24.7 Å². The predicted molar refractivity (Wildman–Crippen MR) is 82.3 cm³/mol. The first-order chi connectivity index (χ1) is 10.8.